The summed E-state index contributed by atoms with van der Waals surface area (Å²) in [4.78, 5) is 11.4. The van der Waals surface area contributed by atoms with Gasteiger partial charge < -0.3 is 11.1 Å². The highest BCUT2D eigenvalue weighted by Crippen LogP contribution is 2.35. The Labute approximate surface area is 100 Å². The number of hydrogen-bond acceptors (Lipinski definition) is 2. The van der Waals surface area contributed by atoms with Crippen LogP contribution in [0.2, 0.25) is 0 Å². The Morgan fingerprint density at radius 3 is 2.88 bits per heavy atom. The molecule has 2 unspecified atom stereocenters. The van der Waals surface area contributed by atoms with Crippen LogP contribution in [-0.4, -0.2) is 19.0 Å². The standard InChI is InChI=1S/C13H17FN2O/c1-8-3-4-9(5-11(8)14)13(2)7-16-6-10(13)12(15)17/h3-5,10,16H,6-7H2,1-2H3,(H2,15,17). The summed E-state index contributed by atoms with van der Waals surface area (Å²) in [5.41, 5.74) is 6.43. The number of hydrogen-bond donors (Lipinski definition) is 2. The molecule has 92 valence electrons. The van der Waals surface area contributed by atoms with Crippen molar-refractivity contribution < 1.29 is 9.18 Å². The third-order valence-electron chi connectivity index (χ3n) is 3.78. The number of nitrogens with two attached hydrogens (primary N) is 1. The van der Waals surface area contributed by atoms with Crippen LogP contribution < -0.4 is 11.1 Å². The van der Waals surface area contributed by atoms with Crippen LogP contribution in [0.1, 0.15) is 18.1 Å². The van der Waals surface area contributed by atoms with Crippen LogP contribution in [0.5, 0.6) is 0 Å². The molecule has 0 aromatic heterocycles. The lowest BCUT2D eigenvalue weighted by molar-refractivity contribution is -0.122. The summed E-state index contributed by atoms with van der Waals surface area (Å²) in [6, 6.07) is 5.13. The van der Waals surface area contributed by atoms with Gasteiger partial charge in [0.2, 0.25) is 5.91 Å². The second-order valence-corrected chi connectivity index (χ2v) is 4.97. The van der Waals surface area contributed by atoms with Crippen LogP contribution in [0, 0.1) is 18.7 Å². The quantitative estimate of drug-likeness (QED) is 0.807. The first-order chi connectivity index (χ1) is 7.95. The molecule has 2 atom stereocenters. The average Bonchev–Trinajstić information content (AvgIpc) is 2.65. The zero-order valence-corrected chi connectivity index (χ0v) is 10.1. The molecule has 1 saturated heterocycles. The second-order valence-electron chi connectivity index (χ2n) is 4.97. The number of benzene rings is 1. The molecule has 0 saturated carbocycles. The van der Waals surface area contributed by atoms with Crippen molar-refractivity contribution >= 4 is 5.91 Å². The highest BCUT2D eigenvalue weighted by atomic mass is 19.1. The Morgan fingerprint density at radius 1 is 1.59 bits per heavy atom. The third-order valence-corrected chi connectivity index (χ3v) is 3.78. The smallest absolute Gasteiger partial charge is 0.222 e. The molecule has 17 heavy (non-hydrogen) atoms. The molecule has 0 bridgehead atoms. The van der Waals surface area contributed by atoms with Gasteiger partial charge in [0.15, 0.2) is 0 Å². The molecule has 1 aromatic rings. The van der Waals surface area contributed by atoms with Crippen LogP contribution in [0.25, 0.3) is 0 Å². The number of nitrogens with one attached hydrogen (secondary N) is 1. The predicted molar refractivity (Wildman–Crippen MR) is 64.0 cm³/mol. The molecule has 1 heterocycles. The molecule has 4 heteroatoms. The Kier molecular flexibility index (Phi) is 2.91. The summed E-state index contributed by atoms with van der Waals surface area (Å²) < 4.78 is 13.6. The van der Waals surface area contributed by atoms with Gasteiger partial charge in [0.05, 0.1) is 5.92 Å². The van der Waals surface area contributed by atoms with E-state index in [2.05, 4.69) is 5.32 Å². The number of halogens is 1. The van der Waals surface area contributed by atoms with Gasteiger partial charge in [0, 0.05) is 18.5 Å². The molecule has 0 aliphatic carbocycles. The average molecular weight is 236 g/mol. The largest absolute Gasteiger partial charge is 0.369 e. The van der Waals surface area contributed by atoms with E-state index < -0.39 is 5.41 Å². The van der Waals surface area contributed by atoms with Gasteiger partial charge >= 0.3 is 0 Å². The molecular weight excluding hydrogens is 219 g/mol. The fourth-order valence-corrected chi connectivity index (χ4v) is 2.49. The van der Waals surface area contributed by atoms with Gasteiger partial charge in [-0.05, 0) is 24.1 Å². The van der Waals surface area contributed by atoms with Gasteiger partial charge in [-0.25, -0.2) is 4.39 Å². The van der Waals surface area contributed by atoms with E-state index in [1.54, 1.807) is 13.0 Å². The van der Waals surface area contributed by atoms with Crippen LogP contribution in [0.3, 0.4) is 0 Å². The fourth-order valence-electron chi connectivity index (χ4n) is 2.49. The topological polar surface area (TPSA) is 55.1 Å². The zero-order chi connectivity index (χ0) is 12.6. The van der Waals surface area contributed by atoms with E-state index in [1.807, 2.05) is 13.0 Å². The number of carbonyl (C=O) groups excluding carboxylic acids is 1. The van der Waals surface area contributed by atoms with E-state index in [0.717, 1.165) is 5.56 Å². The predicted octanol–water partition coefficient (Wildman–Crippen LogP) is 1.10. The summed E-state index contributed by atoms with van der Waals surface area (Å²) in [5, 5.41) is 3.15. The fraction of sp³-hybridized carbons (Fsp3) is 0.462. The molecular formula is C13H17FN2O. The summed E-state index contributed by atoms with van der Waals surface area (Å²) >= 11 is 0. The lowest BCUT2D eigenvalue weighted by Gasteiger charge is -2.29. The van der Waals surface area contributed by atoms with Gasteiger partial charge in [0.1, 0.15) is 5.82 Å². The number of carbonyl (C=O) groups is 1. The lowest BCUT2D eigenvalue weighted by atomic mass is 9.73. The van der Waals surface area contributed by atoms with Crippen LogP contribution >= 0.6 is 0 Å². The van der Waals surface area contributed by atoms with Gasteiger partial charge in [0.25, 0.3) is 0 Å². The van der Waals surface area contributed by atoms with E-state index in [4.69, 9.17) is 5.73 Å². The van der Waals surface area contributed by atoms with Crippen molar-refractivity contribution in [3.63, 3.8) is 0 Å². The molecule has 1 amide bonds. The van der Waals surface area contributed by atoms with E-state index in [0.29, 0.717) is 18.7 Å². The molecule has 2 rings (SSSR count). The normalized spacial score (nSPS) is 28.3. The summed E-state index contributed by atoms with van der Waals surface area (Å²) in [6.45, 7) is 4.87. The maximum absolute atomic E-state index is 13.6. The van der Waals surface area contributed by atoms with Crippen LogP contribution in [0.15, 0.2) is 18.2 Å². The minimum Gasteiger partial charge on any atom is -0.369 e. The minimum atomic E-state index is -0.416. The van der Waals surface area contributed by atoms with Gasteiger partial charge in [-0.15, -0.1) is 0 Å². The first-order valence-corrected chi connectivity index (χ1v) is 5.72. The third kappa shape index (κ3) is 1.93. The van der Waals surface area contributed by atoms with Crippen molar-refractivity contribution in [2.75, 3.05) is 13.1 Å². The molecule has 1 fully saturated rings. The number of amides is 1. The van der Waals surface area contributed by atoms with Gasteiger partial charge in [-0.1, -0.05) is 19.1 Å². The first-order valence-electron chi connectivity index (χ1n) is 5.72. The van der Waals surface area contributed by atoms with Crippen molar-refractivity contribution in [2.45, 2.75) is 19.3 Å². The van der Waals surface area contributed by atoms with Crippen molar-refractivity contribution in [3.8, 4) is 0 Å². The monoisotopic (exact) mass is 236 g/mol. The molecule has 0 spiro atoms. The Morgan fingerprint density at radius 2 is 2.29 bits per heavy atom. The van der Waals surface area contributed by atoms with E-state index in [-0.39, 0.29) is 17.6 Å². The maximum atomic E-state index is 13.6. The number of rotatable bonds is 2. The van der Waals surface area contributed by atoms with Crippen LogP contribution in [-0.2, 0) is 10.2 Å². The van der Waals surface area contributed by atoms with Gasteiger partial charge in [-0.3, -0.25) is 4.79 Å². The lowest BCUT2D eigenvalue weighted by Crippen LogP contribution is -2.39. The number of aryl methyl sites for hydroxylation is 1. The Balaban J connectivity index is 2.43. The van der Waals surface area contributed by atoms with E-state index >= 15 is 0 Å². The highest BCUT2D eigenvalue weighted by molar-refractivity contribution is 5.79. The van der Waals surface area contributed by atoms with Gasteiger partial charge in [-0.2, -0.15) is 0 Å². The molecule has 0 radical (unpaired) electrons. The molecule has 1 aliphatic rings. The Bertz CT molecular complexity index is 461. The van der Waals surface area contributed by atoms with Crippen LogP contribution in [0.4, 0.5) is 4.39 Å². The number of primary amides is 1. The molecule has 1 aliphatic heterocycles. The van der Waals surface area contributed by atoms with E-state index in [9.17, 15) is 9.18 Å². The SMILES string of the molecule is Cc1ccc(C2(C)CNCC2C(N)=O)cc1F. The second kappa shape index (κ2) is 4.11. The maximum Gasteiger partial charge on any atom is 0.222 e. The zero-order valence-electron chi connectivity index (χ0n) is 10.1. The van der Waals surface area contributed by atoms with Crippen molar-refractivity contribution in [1.82, 2.24) is 5.32 Å². The minimum absolute atomic E-state index is 0.237. The summed E-state index contributed by atoms with van der Waals surface area (Å²) in [6.07, 6.45) is 0. The van der Waals surface area contributed by atoms with E-state index in [1.165, 1.54) is 6.07 Å². The van der Waals surface area contributed by atoms with Crippen molar-refractivity contribution in [3.05, 3.63) is 35.1 Å². The van der Waals surface area contributed by atoms with Crippen molar-refractivity contribution in [1.29, 1.82) is 0 Å². The highest BCUT2D eigenvalue weighted by Gasteiger charge is 2.43. The van der Waals surface area contributed by atoms with Crippen molar-refractivity contribution in [2.24, 2.45) is 11.7 Å². The Hall–Kier alpha value is -1.42. The molecule has 3 nitrogen and oxygen atoms in total. The first kappa shape index (κ1) is 12.0. The molecule has 3 N–H and O–H groups in total. The molecule has 1 aromatic carbocycles. The summed E-state index contributed by atoms with van der Waals surface area (Å²) in [7, 11) is 0. The summed E-state index contributed by atoms with van der Waals surface area (Å²) in [5.74, 6) is -0.859.